The molecule has 2 rings (SSSR count). The summed E-state index contributed by atoms with van der Waals surface area (Å²) < 4.78 is 11.8. The molecule has 0 aliphatic rings. The third kappa shape index (κ3) is 7.58. The molecule has 0 saturated heterocycles. The summed E-state index contributed by atoms with van der Waals surface area (Å²) in [6.45, 7) is 9.74. The SMILES string of the molecule is C/C=C/COc1cc(C)c(OCCCCC(C)c2cccc(/C=N/OC)c2)c(C)c1. The average Bonchev–Trinajstić information content (AvgIpc) is 2.74. The molecule has 0 spiro atoms. The highest BCUT2D eigenvalue weighted by Crippen LogP contribution is 2.29. The first-order chi connectivity index (χ1) is 14.5. The van der Waals surface area contributed by atoms with Gasteiger partial charge in [-0.1, -0.05) is 42.4 Å². The molecule has 2 aromatic rings. The van der Waals surface area contributed by atoms with E-state index in [1.807, 2.05) is 37.3 Å². The van der Waals surface area contributed by atoms with Crippen molar-refractivity contribution in [2.45, 2.75) is 52.9 Å². The molecule has 0 N–H and O–H groups in total. The number of rotatable bonds is 12. The van der Waals surface area contributed by atoms with Crippen molar-refractivity contribution in [3.63, 3.8) is 0 Å². The first-order valence-corrected chi connectivity index (χ1v) is 10.7. The molecular formula is C26H35NO3. The highest BCUT2D eigenvalue weighted by atomic mass is 16.6. The number of allylic oxidation sites excluding steroid dienone is 1. The molecule has 1 unspecified atom stereocenters. The Morgan fingerprint density at radius 3 is 2.50 bits per heavy atom. The Bertz CT molecular complexity index is 819. The smallest absolute Gasteiger partial charge is 0.125 e. The van der Waals surface area contributed by atoms with Gasteiger partial charge >= 0.3 is 0 Å². The van der Waals surface area contributed by atoms with Crippen LogP contribution >= 0.6 is 0 Å². The van der Waals surface area contributed by atoms with E-state index in [1.165, 1.54) is 5.56 Å². The van der Waals surface area contributed by atoms with Crippen LogP contribution < -0.4 is 9.47 Å². The first kappa shape index (κ1) is 23.5. The largest absolute Gasteiger partial charge is 0.493 e. The Morgan fingerprint density at radius 2 is 1.80 bits per heavy atom. The summed E-state index contributed by atoms with van der Waals surface area (Å²) in [6, 6.07) is 12.6. The Kier molecular flexibility index (Phi) is 9.99. The summed E-state index contributed by atoms with van der Waals surface area (Å²) in [5.74, 6) is 2.37. The molecular weight excluding hydrogens is 374 g/mol. The minimum absolute atomic E-state index is 0.498. The summed E-state index contributed by atoms with van der Waals surface area (Å²) in [7, 11) is 1.56. The molecule has 0 radical (unpaired) electrons. The van der Waals surface area contributed by atoms with Crippen LogP contribution in [-0.4, -0.2) is 26.5 Å². The van der Waals surface area contributed by atoms with Crippen LogP contribution in [0.15, 0.2) is 53.7 Å². The van der Waals surface area contributed by atoms with E-state index in [2.05, 4.69) is 44.1 Å². The third-order valence-corrected chi connectivity index (χ3v) is 5.08. The van der Waals surface area contributed by atoms with Crippen LogP contribution in [0.1, 0.15) is 61.3 Å². The summed E-state index contributed by atoms with van der Waals surface area (Å²) in [5.41, 5.74) is 4.63. The molecule has 0 amide bonds. The molecule has 30 heavy (non-hydrogen) atoms. The van der Waals surface area contributed by atoms with Crippen LogP contribution in [0.5, 0.6) is 11.5 Å². The lowest BCUT2D eigenvalue weighted by molar-refractivity contribution is 0.215. The number of unbranched alkanes of at least 4 members (excludes halogenated alkanes) is 1. The number of ether oxygens (including phenoxy) is 2. The van der Waals surface area contributed by atoms with E-state index in [4.69, 9.17) is 14.3 Å². The number of benzene rings is 2. The lowest BCUT2D eigenvalue weighted by atomic mass is 9.94. The van der Waals surface area contributed by atoms with Crippen LogP contribution in [0.2, 0.25) is 0 Å². The van der Waals surface area contributed by atoms with Crippen molar-refractivity contribution in [1.29, 1.82) is 0 Å². The summed E-state index contributed by atoms with van der Waals surface area (Å²) in [5, 5.41) is 3.84. The highest BCUT2D eigenvalue weighted by Gasteiger charge is 2.09. The third-order valence-electron chi connectivity index (χ3n) is 5.08. The molecule has 162 valence electrons. The fraction of sp³-hybridized carbons (Fsp3) is 0.423. The topological polar surface area (TPSA) is 40.0 Å². The molecule has 0 aliphatic heterocycles. The molecule has 0 aliphatic carbocycles. The van der Waals surface area contributed by atoms with Gasteiger partial charge in [0.05, 0.1) is 12.8 Å². The van der Waals surface area contributed by atoms with Gasteiger partial charge in [0.2, 0.25) is 0 Å². The lowest BCUT2D eigenvalue weighted by Gasteiger charge is -2.15. The number of nitrogens with zero attached hydrogens (tertiary/aromatic N) is 1. The molecule has 1 atom stereocenters. The second-order valence-electron chi connectivity index (χ2n) is 7.60. The van der Waals surface area contributed by atoms with Gasteiger partial charge in [0, 0.05) is 0 Å². The van der Waals surface area contributed by atoms with Crippen LogP contribution in [-0.2, 0) is 4.84 Å². The lowest BCUT2D eigenvalue weighted by Crippen LogP contribution is -2.03. The van der Waals surface area contributed by atoms with Gasteiger partial charge in [-0.2, -0.15) is 0 Å². The van der Waals surface area contributed by atoms with Gasteiger partial charge in [0.15, 0.2) is 0 Å². The van der Waals surface area contributed by atoms with E-state index in [0.717, 1.165) is 54.1 Å². The van der Waals surface area contributed by atoms with Crippen LogP contribution in [0.4, 0.5) is 0 Å². The Morgan fingerprint density at radius 1 is 1.03 bits per heavy atom. The molecule has 0 bridgehead atoms. The number of aryl methyl sites for hydroxylation is 2. The molecule has 0 aromatic heterocycles. The standard InChI is InChI=1S/C26H35NO3/c1-6-7-14-29-25-16-21(3)26(22(4)17-25)30-15-9-8-11-20(2)24-13-10-12-23(18-24)19-27-28-5/h6-7,10,12-13,16-20H,8-9,11,14-15H2,1-5H3/b7-6+,27-19+. The summed E-state index contributed by atoms with van der Waals surface area (Å²) in [4.78, 5) is 4.77. The molecule has 0 saturated carbocycles. The van der Waals surface area contributed by atoms with E-state index in [9.17, 15) is 0 Å². The van der Waals surface area contributed by atoms with Crippen molar-refractivity contribution in [3.05, 3.63) is 70.8 Å². The maximum Gasteiger partial charge on any atom is 0.125 e. The number of oxime groups is 1. The van der Waals surface area contributed by atoms with Crippen molar-refractivity contribution < 1.29 is 14.3 Å². The van der Waals surface area contributed by atoms with E-state index in [1.54, 1.807) is 13.3 Å². The quantitative estimate of drug-likeness (QED) is 0.172. The van der Waals surface area contributed by atoms with Gasteiger partial charge in [-0.05, 0) is 86.4 Å². The number of hydrogen-bond donors (Lipinski definition) is 0. The zero-order chi connectivity index (χ0) is 21.8. The predicted molar refractivity (Wildman–Crippen MR) is 125 cm³/mol. The van der Waals surface area contributed by atoms with E-state index in [0.29, 0.717) is 12.5 Å². The molecule has 4 nitrogen and oxygen atoms in total. The average molecular weight is 410 g/mol. The van der Waals surface area contributed by atoms with Crippen molar-refractivity contribution in [3.8, 4) is 11.5 Å². The van der Waals surface area contributed by atoms with Crippen LogP contribution in [0.25, 0.3) is 0 Å². The zero-order valence-electron chi connectivity index (χ0n) is 19.0. The van der Waals surface area contributed by atoms with Gasteiger partial charge in [-0.3, -0.25) is 0 Å². The molecule has 0 heterocycles. The van der Waals surface area contributed by atoms with Crippen molar-refractivity contribution in [2.75, 3.05) is 20.3 Å². The minimum Gasteiger partial charge on any atom is -0.493 e. The van der Waals surface area contributed by atoms with Crippen molar-refractivity contribution >= 4 is 6.21 Å². The predicted octanol–water partition coefficient (Wildman–Crippen LogP) is 6.59. The first-order valence-electron chi connectivity index (χ1n) is 10.7. The van der Waals surface area contributed by atoms with Gasteiger partial charge in [-0.25, -0.2) is 0 Å². The monoisotopic (exact) mass is 409 g/mol. The van der Waals surface area contributed by atoms with Gasteiger partial charge in [0.1, 0.15) is 25.2 Å². The zero-order valence-corrected chi connectivity index (χ0v) is 19.0. The van der Waals surface area contributed by atoms with Crippen LogP contribution in [0, 0.1) is 13.8 Å². The fourth-order valence-electron chi connectivity index (χ4n) is 3.41. The van der Waals surface area contributed by atoms with Gasteiger partial charge < -0.3 is 14.3 Å². The second-order valence-corrected chi connectivity index (χ2v) is 7.60. The van der Waals surface area contributed by atoms with E-state index < -0.39 is 0 Å². The maximum absolute atomic E-state index is 6.10. The maximum atomic E-state index is 6.10. The summed E-state index contributed by atoms with van der Waals surface area (Å²) >= 11 is 0. The Balaban J connectivity index is 1.79. The second kappa shape index (κ2) is 12.7. The van der Waals surface area contributed by atoms with Gasteiger partial charge in [0.25, 0.3) is 0 Å². The molecule has 2 aromatic carbocycles. The Hall–Kier alpha value is -2.75. The fourth-order valence-corrected chi connectivity index (χ4v) is 3.41. The van der Waals surface area contributed by atoms with E-state index >= 15 is 0 Å². The van der Waals surface area contributed by atoms with Crippen LogP contribution in [0.3, 0.4) is 0 Å². The van der Waals surface area contributed by atoms with Crippen molar-refractivity contribution in [1.82, 2.24) is 0 Å². The number of hydrogen-bond acceptors (Lipinski definition) is 4. The highest BCUT2D eigenvalue weighted by molar-refractivity contribution is 5.79. The van der Waals surface area contributed by atoms with E-state index in [-0.39, 0.29) is 0 Å². The van der Waals surface area contributed by atoms with Gasteiger partial charge in [-0.15, -0.1) is 0 Å². The van der Waals surface area contributed by atoms with Crippen molar-refractivity contribution in [2.24, 2.45) is 5.16 Å². The summed E-state index contributed by atoms with van der Waals surface area (Å²) in [6.07, 6.45) is 9.02. The normalized spacial score (nSPS) is 12.4. The molecule has 0 fully saturated rings. The minimum atomic E-state index is 0.498. The molecule has 4 heteroatoms. The Labute approximate surface area is 181 Å².